The van der Waals surface area contributed by atoms with Gasteiger partial charge in [0.15, 0.2) is 0 Å². The van der Waals surface area contributed by atoms with Gasteiger partial charge in [-0.05, 0) is 44.1 Å². The minimum Gasteiger partial charge on any atom is -0.0312 e. The molecule has 1 fully saturated rings. The van der Waals surface area contributed by atoms with Crippen LogP contribution in [0.5, 0.6) is 0 Å². The predicted molar refractivity (Wildman–Crippen MR) is 70.9 cm³/mol. The van der Waals surface area contributed by atoms with Crippen molar-refractivity contribution in [3.63, 3.8) is 0 Å². The van der Waals surface area contributed by atoms with Gasteiger partial charge in [0, 0.05) is 0 Å². The second-order valence-corrected chi connectivity index (χ2v) is 5.68. The Morgan fingerprint density at radius 2 is 1.00 bits per heavy atom. The average Bonchev–Trinajstić information content (AvgIpc) is 2.84. The first kappa shape index (κ1) is 23.0. The number of benzene rings is 1. The number of hydrogen-bond donors (Lipinski definition) is 0. The molecule has 5 radical (unpaired) electrons. The summed E-state index contributed by atoms with van der Waals surface area (Å²) in [4.78, 5) is 0. The van der Waals surface area contributed by atoms with Gasteiger partial charge in [-0.1, -0.05) is 37.3 Å². The molecule has 8 heteroatoms. The van der Waals surface area contributed by atoms with Gasteiger partial charge in [-0.3, -0.25) is 0 Å². The first-order chi connectivity index (χ1) is 8.88. The smallest absolute Gasteiger partial charge is 0.0312 e. The van der Waals surface area contributed by atoms with E-state index in [9.17, 15) is 25.2 Å². The van der Waals surface area contributed by atoms with Crippen LogP contribution in [0.2, 0.25) is 0 Å². The minimum atomic E-state index is -10.7. The van der Waals surface area contributed by atoms with E-state index in [2.05, 4.69) is 31.2 Å². The molecule has 121 valence electrons. The Kier molecular flexibility index (Phi) is 9.21. The third-order valence-corrected chi connectivity index (χ3v) is 1.81. The molecule has 0 saturated heterocycles. The first-order valence-electron chi connectivity index (χ1n) is 5.65. The van der Waals surface area contributed by atoms with Gasteiger partial charge in [-0.25, -0.2) is 0 Å². The van der Waals surface area contributed by atoms with Gasteiger partial charge in [0.1, 0.15) is 0 Å². The molecule has 0 unspecified atom stereocenters. The topological polar surface area (TPSA) is 0 Å². The Bertz CT molecular complexity index is 352. The van der Waals surface area contributed by atoms with Gasteiger partial charge in [-0.15, -0.1) is 0 Å². The Balaban J connectivity index is 0. The molecule has 1 aromatic carbocycles. The molecule has 0 amide bonds. The fraction of sp³-hybridized carbons (Fsp3) is 0.154. The van der Waals surface area contributed by atoms with E-state index >= 15 is 0 Å². The Labute approximate surface area is 132 Å². The SMILES string of the molecule is CCc1ccccc1.F[P-](F)(F)(F)(F)F.[CH]1[CH][CH][CH][CH]1.[Fe+2]. The molecule has 1 aliphatic rings. The summed E-state index contributed by atoms with van der Waals surface area (Å²) in [7, 11) is -10.7. The van der Waals surface area contributed by atoms with Gasteiger partial charge in [-0.2, -0.15) is 0 Å². The maximum Gasteiger partial charge on any atom is 2.00 e. The van der Waals surface area contributed by atoms with Gasteiger partial charge in [0.25, 0.3) is 0 Å². The normalized spacial score (nSPS) is 16.9. The third-order valence-electron chi connectivity index (χ3n) is 1.81. The molecule has 0 aliphatic heterocycles. The van der Waals surface area contributed by atoms with Crippen LogP contribution >= 0.6 is 7.81 Å². The molecule has 0 bridgehead atoms. The van der Waals surface area contributed by atoms with E-state index < -0.39 is 7.81 Å². The van der Waals surface area contributed by atoms with Crippen molar-refractivity contribution < 1.29 is 42.3 Å². The Morgan fingerprint density at radius 1 is 0.714 bits per heavy atom. The number of halogens is 6. The first-order valence-corrected chi connectivity index (χ1v) is 7.68. The van der Waals surface area contributed by atoms with Crippen LogP contribution in [0, 0.1) is 32.1 Å². The molecule has 0 atom stereocenters. The minimum absolute atomic E-state index is 0. The summed E-state index contributed by atoms with van der Waals surface area (Å²) in [6, 6.07) is 10.5. The van der Waals surface area contributed by atoms with Crippen LogP contribution in [0.1, 0.15) is 12.5 Å². The zero-order valence-electron chi connectivity index (χ0n) is 11.0. The molecule has 0 N–H and O–H groups in total. The molecule has 1 saturated carbocycles. The number of hydrogen-bond acceptors (Lipinski definition) is 0. The monoisotopic (exact) mass is 372 g/mol. The van der Waals surface area contributed by atoms with E-state index in [-0.39, 0.29) is 17.1 Å². The summed E-state index contributed by atoms with van der Waals surface area (Å²) in [6.45, 7) is 2.16. The molecule has 1 aliphatic carbocycles. The van der Waals surface area contributed by atoms with E-state index in [0.29, 0.717) is 0 Å². The zero-order chi connectivity index (χ0) is 15.8. The Hall–Kier alpha value is -0.251. The third kappa shape index (κ3) is 28.6. The van der Waals surface area contributed by atoms with Crippen LogP contribution in [0.3, 0.4) is 0 Å². The second kappa shape index (κ2) is 8.40. The summed E-state index contributed by atoms with van der Waals surface area (Å²) >= 11 is 0. The van der Waals surface area contributed by atoms with Crippen molar-refractivity contribution in [2.75, 3.05) is 0 Å². The van der Waals surface area contributed by atoms with Crippen LogP contribution in [0.25, 0.3) is 0 Å². The second-order valence-electron chi connectivity index (χ2n) is 3.76. The van der Waals surface area contributed by atoms with Gasteiger partial charge >= 0.3 is 50.1 Å². The van der Waals surface area contributed by atoms with Crippen LogP contribution < -0.4 is 0 Å². The summed E-state index contributed by atoms with van der Waals surface area (Å²) in [5.74, 6) is 0. The van der Waals surface area contributed by atoms with E-state index in [1.54, 1.807) is 0 Å². The van der Waals surface area contributed by atoms with E-state index in [4.69, 9.17) is 0 Å². The quantitative estimate of drug-likeness (QED) is 0.294. The van der Waals surface area contributed by atoms with Gasteiger partial charge in [0.2, 0.25) is 0 Å². The van der Waals surface area contributed by atoms with Crippen molar-refractivity contribution in [1.82, 2.24) is 0 Å². The Morgan fingerprint density at radius 3 is 1.19 bits per heavy atom. The van der Waals surface area contributed by atoms with Crippen LogP contribution in [0.15, 0.2) is 30.3 Å². The van der Waals surface area contributed by atoms with E-state index in [1.807, 2.05) is 38.2 Å². The molecule has 0 spiro atoms. The van der Waals surface area contributed by atoms with Crippen molar-refractivity contribution in [1.29, 1.82) is 0 Å². The largest absolute Gasteiger partial charge is 2.00 e. The maximum absolute atomic E-state index is 10.7. The predicted octanol–water partition coefficient (Wildman–Crippen LogP) is 6.65. The summed E-state index contributed by atoms with van der Waals surface area (Å²) in [5, 5.41) is 0. The molecule has 2 rings (SSSR count). The van der Waals surface area contributed by atoms with E-state index in [0.717, 1.165) is 6.42 Å². The zero-order valence-corrected chi connectivity index (χ0v) is 13.0. The van der Waals surface area contributed by atoms with Gasteiger partial charge < -0.3 is 0 Å². The van der Waals surface area contributed by atoms with Crippen LogP contribution in [-0.2, 0) is 23.5 Å². The number of rotatable bonds is 1. The molecular weight excluding hydrogens is 357 g/mol. The molecule has 0 heterocycles. The molecule has 21 heavy (non-hydrogen) atoms. The fourth-order valence-electron chi connectivity index (χ4n) is 1.03. The number of aryl methyl sites for hydroxylation is 1. The van der Waals surface area contributed by atoms with Crippen LogP contribution in [-0.4, -0.2) is 0 Å². The maximum atomic E-state index is 9.87. The van der Waals surface area contributed by atoms with Crippen molar-refractivity contribution in [2.45, 2.75) is 13.3 Å². The fourth-order valence-corrected chi connectivity index (χ4v) is 1.03. The van der Waals surface area contributed by atoms with Crippen LogP contribution in [0.4, 0.5) is 25.2 Å². The van der Waals surface area contributed by atoms with Crippen molar-refractivity contribution in [3.8, 4) is 0 Å². The molecular formula is C13H15F6FeP+. The molecule has 0 nitrogen and oxygen atoms in total. The van der Waals surface area contributed by atoms with Crippen molar-refractivity contribution >= 4 is 7.81 Å². The standard InChI is InChI=1S/C8H10.C5H5.F6P.Fe/c1-2-8-6-4-3-5-7-8;1-2-4-5-3-1;1-7(2,3,4,5)6;/h3-7H,2H2,1H3;1-5H;;/q;;-1;+2. The van der Waals surface area contributed by atoms with Crippen molar-refractivity contribution in [3.05, 3.63) is 68.0 Å². The molecule has 1 aromatic rings. The summed E-state index contributed by atoms with van der Waals surface area (Å²) in [5.41, 5.74) is 1.41. The van der Waals surface area contributed by atoms with Crippen molar-refractivity contribution in [2.24, 2.45) is 0 Å². The summed E-state index contributed by atoms with van der Waals surface area (Å²) < 4.78 is 59.2. The van der Waals surface area contributed by atoms with E-state index in [1.165, 1.54) is 5.56 Å². The molecule has 0 aromatic heterocycles. The average molecular weight is 372 g/mol. The van der Waals surface area contributed by atoms with Gasteiger partial charge in [0.05, 0.1) is 0 Å². The summed E-state index contributed by atoms with van der Waals surface area (Å²) in [6.07, 6.45) is 11.1.